The number of fused-ring (bicyclic) bond motifs is 1. The molecule has 2 heterocycles. The monoisotopic (exact) mass is 269 g/mol. The zero-order valence-corrected chi connectivity index (χ0v) is 10.3. The number of nitrogens with zero attached hydrogens (tertiary/aromatic N) is 2. The highest BCUT2D eigenvalue weighted by atomic mass is 16.5. The first-order chi connectivity index (χ1) is 9.78. The van der Waals surface area contributed by atoms with Crippen LogP contribution in [-0.2, 0) is 0 Å². The third kappa shape index (κ3) is 2.17. The molecule has 1 aromatic carbocycles. The molecule has 0 radical (unpaired) electrons. The van der Waals surface area contributed by atoms with Crippen LogP contribution in [0.15, 0.2) is 47.3 Å². The minimum Gasteiger partial charge on any atom is -0.363 e. The predicted octanol–water partition coefficient (Wildman–Crippen LogP) is 1.76. The van der Waals surface area contributed by atoms with Crippen LogP contribution in [0.3, 0.4) is 0 Å². The molecule has 0 unspecified atom stereocenters. The summed E-state index contributed by atoms with van der Waals surface area (Å²) < 4.78 is 4.67. The summed E-state index contributed by atoms with van der Waals surface area (Å²) in [6, 6.07) is 8.91. The van der Waals surface area contributed by atoms with Gasteiger partial charge in [-0.25, -0.2) is 10.8 Å². The van der Waals surface area contributed by atoms with E-state index in [9.17, 15) is 4.79 Å². The molecule has 1 amide bonds. The van der Waals surface area contributed by atoms with Gasteiger partial charge in [0.25, 0.3) is 5.91 Å². The van der Waals surface area contributed by atoms with Gasteiger partial charge in [0.05, 0.1) is 17.3 Å². The highest BCUT2D eigenvalue weighted by Crippen LogP contribution is 2.21. The number of para-hydroxylation sites is 1. The van der Waals surface area contributed by atoms with E-state index in [0.717, 1.165) is 5.39 Å². The van der Waals surface area contributed by atoms with Crippen molar-refractivity contribution >= 4 is 28.3 Å². The van der Waals surface area contributed by atoms with Crippen LogP contribution < -0.4 is 16.6 Å². The fraction of sp³-hybridized carbons (Fsp3) is 0. The van der Waals surface area contributed by atoms with Crippen LogP contribution in [0.2, 0.25) is 0 Å². The lowest BCUT2D eigenvalue weighted by molar-refractivity contribution is 0.102. The van der Waals surface area contributed by atoms with Crippen molar-refractivity contribution in [2.24, 2.45) is 5.84 Å². The molecule has 100 valence electrons. The summed E-state index contributed by atoms with van der Waals surface area (Å²) in [7, 11) is 0. The Morgan fingerprint density at radius 1 is 1.30 bits per heavy atom. The van der Waals surface area contributed by atoms with Gasteiger partial charge in [0.15, 0.2) is 0 Å². The highest BCUT2D eigenvalue weighted by Gasteiger charge is 2.13. The number of benzene rings is 1. The predicted molar refractivity (Wildman–Crippen MR) is 74.0 cm³/mol. The fourth-order valence-electron chi connectivity index (χ4n) is 1.90. The number of pyridine rings is 1. The first-order valence-corrected chi connectivity index (χ1v) is 5.85. The van der Waals surface area contributed by atoms with Gasteiger partial charge in [0.2, 0.25) is 0 Å². The van der Waals surface area contributed by atoms with E-state index >= 15 is 0 Å². The lowest BCUT2D eigenvalue weighted by atomic mass is 10.1. The maximum absolute atomic E-state index is 12.3. The number of hydrazine groups is 1. The zero-order valence-electron chi connectivity index (χ0n) is 10.3. The van der Waals surface area contributed by atoms with Crippen LogP contribution >= 0.6 is 0 Å². The Morgan fingerprint density at radius 2 is 2.15 bits per heavy atom. The molecule has 0 bridgehead atoms. The highest BCUT2D eigenvalue weighted by molar-refractivity contribution is 6.12. The summed E-state index contributed by atoms with van der Waals surface area (Å²) in [5.41, 5.74) is 4.08. The Labute approximate surface area is 113 Å². The normalized spacial score (nSPS) is 10.4. The molecule has 3 aromatic rings. The fourth-order valence-corrected chi connectivity index (χ4v) is 1.90. The van der Waals surface area contributed by atoms with Crippen LogP contribution in [0.25, 0.3) is 10.9 Å². The number of nitrogens with one attached hydrogen (secondary N) is 2. The van der Waals surface area contributed by atoms with E-state index in [1.165, 1.54) is 12.5 Å². The summed E-state index contributed by atoms with van der Waals surface area (Å²) in [4.78, 5) is 16.6. The molecule has 0 saturated carbocycles. The van der Waals surface area contributed by atoms with Gasteiger partial charge in [0, 0.05) is 5.39 Å². The van der Waals surface area contributed by atoms with E-state index in [0.29, 0.717) is 22.6 Å². The van der Waals surface area contributed by atoms with Crippen LogP contribution in [0.4, 0.5) is 11.5 Å². The van der Waals surface area contributed by atoms with Crippen LogP contribution in [0.5, 0.6) is 0 Å². The molecular weight excluding hydrogens is 258 g/mol. The second-order valence-corrected chi connectivity index (χ2v) is 4.08. The molecule has 0 spiro atoms. The molecule has 7 heteroatoms. The van der Waals surface area contributed by atoms with Crippen LogP contribution in [0, 0.1) is 0 Å². The third-order valence-corrected chi connectivity index (χ3v) is 2.80. The van der Waals surface area contributed by atoms with Crippen LogP contribution in [0.1, 0.15) is 10.4 Å². The van der Waals surface area contributed by atoms with Crippen molar-refractivity contribution in [3.8, 4) is 0 Å². The molecule has 20 heavy (non-hydrogen) atoms. The quantitative estimate of drug-likeness (QED) is 0.494. The molecule has 0 saturated heterocycles. The Hall–Kier alpha value is -2.93. The van der Waals surface area contributed by atoms with E-state index < -0.39 is 0 Å². The van der Waals surface area contributed by atoms with Crippen molar-refractivity contribution in [3.63, 3.8) is 0 Å². The number of nitrogens with two attached hydrogens (primary N) is 1. The summed E-state index contributed by atoms with van der Waals surface area (Å²) >= 11 is 0. The number of rotatable bonds is 3. The SMILES string of the molecule is NNc1cc(C(=O)Nc2cnoc2)c2ccccc2n1. The van der Waals surface area contributed by atoms with Gasteiger partial charge in [-0.1, -0.05) is 23.4 Å². The minimum atomic E-state index is -0.289. The second-order valence-electron chi connectivity index (χ2n) is 4.08. The number of aromatic nitrogens is 2. The van der Waals surface area contributed by atoms with Crippen molar-refractivity contribution in [1.82, 2.24) is 10.1 Å². The van der Waals surface area contributed by atoms with E-state index in [4.69, 9.17) is 5.84 Å². The van der Waals surface area contributed by atoms with E-state index in [1.807, 2.05) is 24.3 Å². The lowest BCUT2D eigenvalue weighted by Crippen LogP contribution is -2.15. The number of hydrogen-bond acceptors (Lipinski definition) is 6. The summed E-state index contributed by atoms with van der Waals surface area (Å²) in [5.74, 6) is 5.50. The molecular formula is C13H11N5O2. The maximum atomic E-state index is 12.3. The van der Waals surface area contributed by atoms with Gasteiger partial charge in [-0.2, -0.15) is 0 Å². The van der Waals surface area contributed by atoms with Gasteiger partial charge in [-0.15, -0.1) is 0 Å². The van der Waals surface area contributed by atoms with Crippen molar-refractivity contribution in [3.05, 3.63) is 48.4 Å². The Kier molecular flexibility index (Phi) is 3.02. The summed E-state index contributed by atoms with van der Waals surface area (Å²) in [6.45, 7) is 0. The Balaban J connectivity index is 2.07. The molecule has 7 nitrogen and oxygen atoms in total. The number of carbonyl (C=O) groups excluding carboxylic acids is 1. The topological polar surface area (TPSA) is 106 Å². The maximum Gasteiger partial charge on any atom is 0.256 e. The molecule has 0 aliphatic carbocycles. The molecule has 0 fully saturated rings. The van der Waals surface area contributed by atoms with E-state index in [2.05, 4.69) is 25.4 Å². The van der Waals surface area contributed by atoms with E-state index in [-0.39, 0.29) is 5.91 Å². The molecule has 4 N–H and O–H groups in total. The molecule has 0 atom stereocenters. The average molecular weight is 269 g/mol. The van der Waals surface area contributed by atoms with Crippen molar-refractivity contribution in [1.29, 1.82) is 0 Å². The number of carbonyl (C=O) groups is 1. The largest absolute Gasteiger partial charge is 0.363 e. The van der Waals surface area contributed by atoms with Crippen molar-refractivity contribution in [2.75, 3.05) is 10.7 Å². The lowest BCUT2D eigenvalue weighted by Gasteiger charge is -2.08. The molecule has 2 aromatic heterocycles. The summed E-state index contributed by atoms with van der Waals surface area (Å²) in [6.07, 6.45) is 2.77. The third-order valence-electron chi connectivity index (χ3n) is 2.80. The Morgan fingerprint density at radius 3 is 2.90 bits per heavy atom. The number of nitrogen functional groups attached to an aromatic ring is 1. The van der Waals surface area contributed by atoms with Crippen molar-refractivity contribution < 1.29 is 9.32 Å². The van der Waals surface area contributed by atoms with Gasteiger partial charge < -0.3 is 15.3 Å². The van der Waals surface area contributed by atoms with Gasteiger partial charge >= 0.3 is 0 Å². The Bertz CT molecular complexity index is 755. The smallest absolute Gasteiger partial charge is 0.256 e. The van der Waals surface area contributed by atoms with Gasteiger partial charge in [0.1, 0.15) is 17.8 Å². The molecule has 3 rings (SSSR count). The standard InChI is InChI=1S/C13H11N5O2/c14-18-12-5-10(9-3-1-2-4-11(9)17-12)13(19)16-8-6-15-20-7-8/h1-7H,14H2,(H,16,19)(H,17,18). The minimum absolute atomic E-state index is 0.289. The number of anilines is 2. The molecule has 0 aliphatic heterocycles. The second kappa shape index (κ2) is 4.98. The van der Waals surface area contributed by atoms with Crippen LogP contribution in [-0.4, -0.2) is 16.0 Å². The average Bonchev–Trinajstić information content (AvgIpc) is 2.98. The van der Waals surface area contributed by atoms with Gasteiger partial charge in [-0.05, 0) is 12.1 Å². The summed E-state index contributed by atoms with van der Waals surface area (Å²) in [5, 5.41) is 6.96. The molecule has 0 aliphatic rings. The first-order valence-electron chi connectivity index (χ1n) is 5.85. The van der Waals surface area contributed by atoms with Gasteiger partial charge in [-0.3, -0.25) is 4.79 Å². The van der Waals surface area contributed by atoms with E-state index in [1.54, 1.807) is 6.07 Å². The zero-order chi connectivity index (χ0) is 13.9. The number of amides is 1. The first kappa shape index (κ1) is 12.1. The van der Waals surface area contributed by atoms with Crippen molar-refractivity contribution in [2.45, 2.75) is 0 Å². The number of hydrogen-bond donors (Lipinski definition) is 3.